The highest BCUT2D eigenvalue weighted by Crippen LogP contribution is 2.23. The summed E-state index contributed by atoms with van der Waals surface area (Å²) < 4.78 is 10.9. The molecule has 0 radical (unpaired) electrons. The van der Waals surface area contributed by atoms with Gasteiger partial charge in [-0.05, 0) is 42.6 Å². The van der Waals surface area contributed by atoms with Gasteiger partial charge < -0.3 is 14.5 Å². The van der Waals surface area contributed by atoms with Gasteiger partial charge in [0.25, 0.3) is 5.89 Å². The Hall–Kier alpha value is -2.26. The molecule has 0 aliphatic carbocycles. The van der Waals surface area contributed by atoms with Gasteiger partial charge in [-0.15, -0.1) is 21.5 Å². The van der Waals surface area contributed by atoms with Crippen molar-refractivity contribution in [2.24, 2.45) is 0 Å². The van der Waals surface area contributed by atoms with E-state index >= 15 is 0 Å². The molecule has 0 spiro atoms. The van der Waals surface area contributed by atoms with E-state index in [4.69, 9.17) is 20.8 Å². The summed E-state index contributed by atoms with van der Waals surface area (Å²) in [5.74, 6) is 0.789. The Morgan fingerprint density at radius 1 is 1.32 bits per heavy atom. The topological polar surface area (TPSA) is 80.5 Å². The molecule has 0 fully saturated rings. The van der Waals surface area contributed by atoms with Crippen LogP contribution in [0.4, 0.5) is 5.69 Å². The van der Waals surface area contributed by atoms with Crippen LogP contribution >= 0.6 is 22.9 Å². The molecule has 7 nitrogen and oxygen atoms in total. The number of amides is 1. The molecule has 148 valence electrons. The van der Waals surface area contributed by atoms with Gasteiger partial charge in [0, 0.05) is 24.4 Å². The van der Waals surface area contributed by atoms with Gasteiger partial charge in [-0.25, -0.2) is 0 Å². The zero-order valence-electron chi connectivity index (χ0n) is 15.6. The largest absolute Gasteiger partial charge is 0.419 e. The maximum Gasteiger partial charge on any atom is 0.257 e. The summed E-state index contributed by atoms with van der Waals surface area (Å²) in [7, 11) is 1.62. The Kier molecular flexibility index (Phi) is 7.16. The number of halogens is 1. The second-order valence-electron chi connectivity index (χ2n) is 6.11. The molecule has 1 atom stereocenters. The molecule has 0 aliphatic heterocycles. The zero-order valence-corrected chi connectivity index (χ0v) is 17.2. The first-order chi connectivity index (χ1) is 13.6. The average molecular weight is 421 g/mol. The third-order valence-electron chi connectivity index (χ3n) is 4.16. The van der Waals surface area contributed by atoms with E-state index in [9.17, 15) is 4.79 Å². The molecule has 1 N–H and O–H groups in total. The quantitative estimate of drug-likeness (QED) is 0.565. The van der Waals surface area contributed by atoms with Crippen LogP contribution < -0.4 is 5.32 Å². The lowest BCUT2D eigenvalue weighted by Crippen LogP contribution is -2.43. The van der Waals surface area contributed by atoms with Crippen LogP contribution in [0, 0.1) is 0 Å². The van der Waals surface area contributed by atoms with E-state index in [1.807, 2.05) is 29.3 Å². The average Bonchev–Trinajstić information content (AvgIpc) is 3.38. The van der Waals surface area contributed by atoms with Gasteiger partial charge in [-0.3, -0.25) is 9.69 Å². The fourth-order valence-electron chi connectivity index (χ4n) is 2.55. The number of hydrogen-bond donors (Lipinski definition) is 1. The van der Waals surface area contributed by atoms with Crippen molar-refractivity contribution in [3.63, 3.8) is 0 Å². The van der Waals surface area contributed by atoms with E-state index in [1.54, 1.807) is 31.4 Å². The predicted molar refractivity (Wildman–Crippen MR) is 109 cm³/mol. The van der Waals surface area contributed by atoms with Crippen LogP contribution in [0.3, 0.4) is 0 Å². The summed E-state index contributed by atoms with van der Waals surface area (Å²) in [5, 5.41) is 13.7. The number of carbonyl (C=O) groups excluding carboxylic acids is 1. The van der Waals surface area contributed by atoms with E-state index in [2.05, 4.69) is 15.5 Å². The van der Waals surface area contributed by atoms with E-state index in [-0.39, 0.29) is 5.91 Å². The number of benzene rings is 1. The van der Waals surface area contributed by atoms with Crippen molar-refractivity contribution >= 4 is 34.5 Å². The van der Waals surface area contributed by atoms with E-state index in [0.29, 0.717) is 42.2 Å². The smallest absolute Gasteiger partial charge is 0.257 e. The lowest BCUT2D eigenvalue weighted by Gasteiger charge is -2.26. The molecule has 2 heterocycles. The number of nitrogens with zero attached hydrogens (tertiary/aromatic N) is 3. The van der Waals surface area contributed by atoms with Crippen LogP contribution in [-0.4, -0.2) is 47.3 Å². The van der Waals surface area contributed by atoms with E-state index in [1.165, 1.54) is 11.3 Å². The van der Waals surface area contributed by atoms with Crippen molar-refractivity contribution < 1.29 is 13.9 Å². The Labute approximate surface area is 172 Å². The number of anilines is 1. The molecule has 0 unspecified atom stereocenters. The minimum atomic E-state index is -0.428. The van der Waals surface area contributed by atoms with Gasteiger partial charge in [0.2, 0.25) is 11.8 Å². The number of rotatable bonds is 9. The van der Waals surface area contributed by atoms with Gasteiger partial charge >= 0.3 is 0 Å². The molecule has 2 aromatic heterocycles. The van der Waals surface area contributed by atoms with Crippen LogP contribution in [0.1, 0.15) is 12.8 Å². The fourth-order valence-corrected chi connectivity index (χ4v) is 3.33. The molecule has 0 aliphatic rings. The number of hydrogen-bond acceptors (Lipinski definition) is 7. The van der Waals surface area contributed by atoms with Gasteiger partial charge in [0.15, 0.2) is 0 Å². The minimum Gasteiger partial charge on any atom is -0.419 e. The normalized spacial score (nSPS) is 12.3. The molecule has 0 saturated carbocycles. The van der Waals surface area contributed by atoms with Gasteiger partial charge in [-0.1, -0.05) is 17.7 Å². The summed E-state index contributed by atoms with van der Waals surface area (Å²) in [4.78, 5) is 15.5. The monoisotopic (exact) mass is 420 g/mol. The van der Waals surface area contributed by atoms with Gasteiger partial charge in [0.05, 0.1) is 24.1 Å². The van der Waals surface area contributed by atoms with Crippen LogP contribution in [0.2, 0.25) is 5.02 Å². The first kappa shape index (κ1) is 20.5. The SMILES string of the molecule is COCCN(Cc1nnc(-c2cccs2)o1)[C@@H](C)C(=O)Nc1ccc(Cl)cc1. The molecule has 0 saturated heterocycles. The maximum absolute atomic E-state index is 12.7. The third kappa shape index (κ3) is 5.39. The summed E-state index contributed by atoms with van der Waals surface area (Å²) in [6.07, 6.45) is 0. The van der Waals surface area contributed by atoms with Crippen LogP contribution in [0.15, 0.2) is 46.2 Å². The number of carbonyl (C=O) groups is 1. The fraction of sp³-hybridized carbons (Fsp3) is 0.316. The van der Waals surface area contributed by atoms with Crippen molar-refractivity contribution in [1.29, 1.82) is 0 Å². The van der Waals surface area contributed by atoms with Crippen LogP contribution in [-0.2, 0) is 16.1 Å². The van der Waals surface area contributed by atoms with E-state index < -0.39 is 6.04 Å². The van der Waals surface area contributed by atoms with Crippen LogP contribution in [0.25, 0.3) is 10.8 Å². The van der Waals surface area contributed by atoms with Crippen molar-refractivity contribution in [2.45, 2.75) is 19.5 Å². The van der Waals surface area contributed by atoms with Crippen LogP contribution in [0.5, 0.6) is 0 Å². The second kappa shape index (κ2) is 9.79. The maximum atomic E-state index is 12.7. The lowest BCUT2D eigenvalue weighted by atomic mass is 10.2. The Bertz CT molecular complexity index is 883. The summed E-state index contributed by atoms with van der Waals surface area (Å²) in [6, 6.07) is 10.4. The molecule has 1 amide bonds. The number of methoxy groups -OCH3 is 1. The Morgan fingerprint density at radius 3 is 2.79 bits per heavy atom. The first-order valence-corrected chi connectivity index (χ1v) is 9.98. The lowest BCUT2D eigenvalue weighted by molar-refractivity contribution is -0.121. The molecule has 9 heteroatoms. The second-order valence-corrected chi connectivity index (χ2v) is 7.50. The molecule has 0 bridgehead atoms. The van der Waals surface area contributed by atoms with Crippen molar-refractivity contribution in [3.8, 4) is 10.8 Å². The molecule has 1 aromatic carbocycles. The minimum absolute atomic E-state index is 0.142. The number of nitrogens with one attached hydrogen (secondary N) is 1. The zero-order chi connectivity index (χ0) is 19.9. The molecule has 28 heavy (non-hydrogen) atoms. The number of aromatic nitrogens is 2. The van der Waals surface area contributed by atoms with Crippen molar-refractivity contribution in [3.05, 3.63) is 52.7 Å². The van der Waals surface area contributed by atoms with Gasteiger partial charge in [0.1, 0.15) is 0 Å². The van der Waals surface area contributed by atoms with E-state index in [0.717, 1.165) is 4.88 Å². The Morgan fingerprint density at radius 2 is 2.11 bits per heavy atom. The predicted octanol–water partition coefficient (Wildman–Crippen LogP) is 3.93. The summed E-state index contributed by atoms with van der Waals surface area (Å²) in [5.41, 5.74) is 0.686. The number of ether oxygens (including phenoxy) is 1. The molecular formula is C19H21ClN4O3S. The molecular weight excluding hydrogens is 400 g/mol. The third-order valence-corrected chi connectivity index (χ3v) is 5.27. The highest BCUT2D eigenvalue weighted by molar-refractivity contribution is 7.13. The van der Waals surface area contributed by atoms with Crippen molar-refractivity contribution in [2.75, 3.05) is 25.6 Å². The molecule has 3 aromatic rings. The molecule has 3 rings (SSSR count). The Balaban J connectivity index is 1.68. The highest BCUT2D eigenvalue weighted by Gasteiger charge is 2.24. The number of thiophene rings is 1. The summed E-state index contributed by atoms with van der Waals surface area (Å²) in [6.45, 7) is 3.20. The standard InChI is InChI=1S/C19H21ClN4O3S/c1-13(18(25)21-15-7-5-14(20)6-8-15)24(9-10-26-2)12-17-22-23-19(27-17)16-4-3-11-28-16/h3-8,11,13H,9-10,12H2,1-2H3,(H,21,25)/t13-/m0/s1. The van der Waals surface area contributed by atoms with Crippen molar-refractivity contribution in [1.82, 2.24) is 15.1 Å². The highest BCUT2D eigenvalue weighted by atomic mass is 35.5. The first-order valence-electron chi connectivity index (χ1n) is 8.72. The summed E-state index contributed by atoms with van der Waals surface area (Å²) >= 11 is 7.42. The van der Waals surface area contributed by atoms with Gasteiger partial charge in [-0.2, -0.15) is 0 Å².